The number of aliphatic hydroxyl groups is 1. The fourth-order valence-corrected chi connectivity index (χ4v) is 2.79. The summed E-state index contributed by atoms with van der Waals surface area (Å²) in [5.74, 6) is 1.17. The van der Waals surface area contributed by atoms with E-state index in [2.05, 4.69) is 21.2 Å². The molecule has 8 heteroatoms. The third kappa shape index (κ3) is 5.42. The van der Waals surface area contributed by atoms with Crippen molar-refractivity contribution >= 4 is 21.6 Å². The van der Waals surface area contributed by atoms with Gasteiger partial charge in [0.05, 0.1) is 18.1 Å². The normalized spacial score (nSPS) is 11.8. The van der Waals surface area contributed by atoms with Crippen molar-refractivity contribution in [1.82, 2.24) is 5.32 Å². The highest BCUT2D eigenvalue weighted by Gasteiger charge is 2.15. The average molecular weight is 425 g/mol. The summed E-state index contributed by atoms with van der Waals surface area (Å²) >= 11 is 3.52. The van der Waals surface area contributed by atoms with Crippen LogP contribution in [0, 0.1) is 10.1 Å². The Morgan fingerprint density at radius 1 is 1.27 bits per heavy atom. The van der Waals surface area contributed by atoms with Crippen LogP contribution >= 0.6 is 15.9 Å². The Bertz CT molecular complexity index is 750. The maximum absolute atomic E-state index is 10.7. The number of hydrogen-bond donors (Lipinski definition) is 2. The van der Waals surface area contributed by atoms with Crippen LogP contribution in [0.15, 0.2) is 40.9 Å². The molecule has 7 nitrogen and oxygen atoms in total. The molecule has 2 N–H and O–H groups in total. The van der Waals surface area contributed by atoms with Gasteiger partial charge in [0.2, 0.25) is 0 Å². The van der Waals surface area contributed by atoms with Crippen LogP contribution in [-0.2, 0) is 13.2 Å². The number of nitro groups is 1. The second kappa shape index (κ2) is 9.51. The molecule has 0 aliphatic rings. The lowest BCUT2D eigenvalue weighted by molar-refractivity contribution is -0.384. The predicted molar refractivity (Wildman–Crippen MR) is 102 cm³/mol. The summed E-state index contributed by atoms with van der Waals surface area (Å²) < 4.78 is 12.2. The van der Waals surface area contributed by atoms with E-state index in [-0.39, 0.29) is 12.3 Å². The quantitative estimate of drug-likeness (QED) is 0.473. The van der Waals surface area contributed by atoms with Gasteiger partial charge in [-0.2, -0.15) is 0 Å². The smallest absolute Gasteiger partial charge is 0.269 e. The van der Waals surface area contributed by atoms with Gasteiger partial charge in [-0.25, -0.2) is 0 Å². The summed E-state index contributed by atoms with van der Waals surface area (Å²) in [6, 6.07) is 9.89. The average Bonchev–Trinajstić information content (AvgIpc) is 2.61. The first-order valence-corrected chi connectivity index (χ1v) is 8.82. The number of ether oxygens (including phenoxy) is 2. The molecule has 0 heterocycles. The maximum Gasteiger partial charge on any atom is 0.269 e. The number of hydrogen-bond acceptors (Lipinski definition) is 6. The van der Waals surface area contributed by atoms with Crippen LogP contribution in [0.5, 0.6) is 11.5 Å². The van der Waals surface area contributed by atoms with Crippen molar-refractivity contribution in [3.05, 3.63) is 62.1 Å². The minimum atomic E-state index is -0.455. The topological polar surface area (TPSA) is 93.9 Å². The summed E-state index contributed by atoms with van der Waals surface area (Å²) in [6.07, 6.45) is -0.455. The van der Waals surface area contributed by atoms with Gasteiger partial charge in [-0.1, -0.05) is 15.9 Å². The second-order valence-electron chi connectivity index (χ2n) is 5.75. The molecule has 140 valence electrons. The third-order valence-electron chi connectivity index (χ3n) is 3.66. The van der Waals surface area contributed by atoms with Crippen molar-refractivity contribution in [2.45, 2.75) is 26.2 Å². The first-order valence-electron chi connectivity index (χ1n) is 8.02. The Morgan fingerprint density at radius 2 is 1.96 bits per heavy atom. The summed E-state index contributed by atoms with van der Waals surface area (Å²) in [7, 11) is 1.56. The van der Waals surface area contributed by atoms with E-state index < -0.39 is 11.0 Å². The molecule has 0 fully saturated rings. The van der Waals surface area contributed by atoms with E-state index in [1.54, 1.807) is 32.2 Å². The van der Waals surface area contributed by atoms with Crippen LogP contribution in [0.1, 0.15) is 18.1 Å². The molecule has 0 saturated carbocycles. The van der Waals surface area contributed by atoms with Crippen molar-refractivity contribution < 1.29 is 19.5 Å². The molecular formula is C18H21BrN2O5. The number of aliphatic hydroxyl groups excluding tert-OH is 1. The molecule has 26 heavy (non-hydrogen) atoms. The molecule has 0 aromatic heterocycles. The zero-order chi connectivity index (χ0) is 19.1. The van der Waals surface area contributed by atoms with Crippen LogP contribution < -0.4 is 14.8 Å². The summed E-state index contributed by atoms with van der Waals surface area (Å²) in [4.78, 5) is 10.3. The molecule has 1 atom stereocenters. The summed E-state index contributed by atoms with van der Waals surface area (Å²) in [6.45, 7) is 2.89. The van der Waals surface area contributed by atoms with Crippen LogP contribution in [-0.4, -0.2) is 29.8 Å². The van der Waals surface area contributed by atoms with E-state index in [1.807, 2.05) is 6.07 Å². The van der Waals surface area contributed by atoms with Gasteiger partial charge >= 0.3 is 0 Å². The summed E-state index contributed by atoms with van der Waals surface area (Å²) in [5.41, 5.74) is 1.71. The number of benzene rings is 2. The lowest BCUT2D eigenvalue weighted by Gasteiger charge is -2.17. The van der Waals surface area contributed by atoms with E-state index in [0.29, 0.717) is 24.6 Å². The van der Waals surface area contributed by atoms with Crippen molar-refractivity contribution in [2.75, 3.05) is 13.7 Å². The van der Waals surface area contributed by atoms with Crippen LogP contribution in [0.2, 0.25) is 0 Å². The van der Waals surface area contributed by atoms with Crippen molar-refractivity contribution in [3.63, 3.8) is 0 Å². The van der Waals surface area contributed by atoms with Crippen LogP contribution in [0.25, 0.3) is 0 Å². The van der Waals surface area contributed by atoms with Gasteiger partial charge in [-0.15, -0.1) is 0 Å². The van der Waals surface area contributed by atoms with E-state index in [9.17, 15) is 15.2 Å². The van der Waals surface area contributed by atoms with Crippen LogP contribution in [0.4, 0.5) is 5.69 Å². The Labute approximate surface area is 160 Å². The zero-order valence-electron chi connectivity index (χ0n) is 14.6. The SMILES string of the molecule is COc1ccc(Br)c(CNCC(C)O)c1OCc1ccc([N+](=O)[O-])cc1. The standard InChI is InChI=1S/C18H21BrN2O5/c1-12(22)9-20-10-15-16(19)7-8-17(25-2)18(15)26-11-13-3-5-14(6-4-13)21(23)24/h3-8,12,20,22H,9-11H2,1-2H3. The molecule has 0 aliphatic heterocycles. The van der Waals surface area contributed by atoms with Gasteiger partial charge in [0, 0.05) is 35.3 Å². The lowest BCUT2D eigenvalue weighted by Crippen LogP contribution is -2.24. The number of nitrogens with one attached hydrogen (secondary N) is 1. The van der Waals surface area contributed by atoms with Crippen LogP contribution in [0.3, 0.4) is 0 Å². The molecule has 1 unspecified atom stereocenters. The Morgan fingerprint density at radius 3 is 2.54 bits per heavy atom. The van der Waals surface area contributed by atoms with E-state index >= 15 is 0 Å². The monoisotopic (exact) mass is 424 g/mol. The number of non-ortho nitro benzene ring substituents is 1. The maximum atomic E-state index is 10.7. The van der Waals surface area contributed by atoms with Gasteiger partial charge < -0.3 is 19.9 Å². The van der Waals surface area contributed by atoms with Crippen molar-refractivity contribution in [2.24, 2.45) is 0 Å². The number of nitrogens with zero attached hydrogens (tertiary/aromatic N) is 1. The van der Waals surface area contributed by atoms with Gasteiger partial charge in [0.25, 0.3) is 5.69 Å². The highest BCUT2D eigenvalue weighted by molar-refractivity contribution is 9.10. The fourth-order valence-electron chi connectivity index (χ4n) is 2.34. The van der Waals surface area contributed by atoms with Crippen molar-refractivity contribution in [3.8, 4) is 11.5 Å². The number of halogens is 1. The van der Waals surface area contributed by atoms with Gasteiger partial charge in [0.1, 0.15) is 6.61 Å². The Balaban J connectivity index is 2.17. The van der Waals surface area contributed by atoms with E-state index in [1.165, 1.54) is 12.1 Å². The lowest BCUT2D eigenvalue weighted by atomic mass is 10.1. The highest BCUT2D eigenvalue weighted by atomic mass is 79.9. The largest absolute Gasteiger partial charge is 0.493 e. The molecule has 0 bridgehead atoms. The minimum Gasteiger partial charge on any atom is -0.493 e. The molecule has 0 radical (unpaired) electrons. The first-order chi connectivity index (χ1) is 12.4. The third-order valence-corrected chi connectivity index (χ3v) is 4.40. The highest BCUT2D eigenvalue weighted by Crippen LogP contribution is 2.36. The first kappa shape index (κ1) is 20.2. The molecule has 0 saturated heterocycles. The molecule has 2 aromatic rings. The number of rotatable bonds is 9. The molecule has 0 amide bonds. The Hall–Kier alpha value is -2.16. The van der Waals surface area contributed by atoms with E-state index in [0.717, 1.165) is 15.6 Å². The molecule has 0 spiro atoms. The predicted octanol–water partition coefficient (Wildman–Crippen LogP) is 3.42. The van der Waals surface area contributed by atoms with Gasteiger partial charge in [-0.05, 0) is 36.8 Å². The number of nitro benzene ring substituents is 1. The van der Waals surface area contributed by atoms with Gasteiger partial charge in [0.15, 0.2) is 11.5 Å². The van der Waals surface area contributed by atoms with Gasteiger partial charge in [-0.3, -0.25) is 10.1 Å². The minimum absolute atomic E-state index is 0.0387. The molecular weight excluding hydrogens is 404 g/mol. The fraction of sp³-hybridized carbons (Fsp3) is 0.333. The van der Waals surface area contributed by atoms with Crippen molar-refractivity contribution in [1.29, 1.82) is 0 Å². The molecule has 2 aromatic carbocycles. The molecule has 2 rings (SSSR count). The second-order valence-corrected chi connectivity index (χ2v) is 6.60. The van der Waals surface area contributed by atoms with E-state index in [4.69, 9.17) is 9.47 Å². The summed E-state index contributed by atoms with van der Waals surface area (Å²) in [5, 5.41) is 23.3. The number of methoxy groups -OCH3 is 1. The molecule has 0 aliphatic carbocycles. The zero-order valence-corrected chi connectivity index (χ0v) is 16.2. The Kier molecular flexibility index (Phi) is 7.38.